The van der Waals surface area contributed by atoms with Crippen molar-refractivity contribution in [3.8, 4) is 12.3 Å². The van der Waals surface area contributed by atoms with Crippen LogP contribution in [0.4, 0.5) is 0 Å². The molecule has 0 bridgehead atoms. The van der Waals surface area contributed by atoms with Gasteiger partial charge in [0.05, 0.1) is 0 Å². The zero-order valence-electron chi connectivity index (χ0n) is 8.78. The summed E-state index contributed by atoms with van der Waals surface area (Å²) in [7, 11) is 0. The van der Waals surface area contributed by atoms with Gasteiger partial charge in [-0.05, 0) is 25.3 Å². The first-order valence-electron chi connectivity index (χ1n) is 4.68. The molecule has 0 aliphatic rings. The largest absolute Gasteiger partial charge is 0.315 e. The molecule has 0 fully saturated rings. The smallest absolute Gasteiger partial charge is 0.0138 e. The van der Waals surface area contributed by atoms with Crippen molar-refractivity contribution in [1.82, 2.24) is 5.32 Å². The molecule has 0 aliphatic heterocycles. The van der Waals surface area contributed by atoms with E-state index in [1.54, 1.807) is 0 Å². The zero-order chi connectivity index (χ0) is 9.61. The Labute approximate surface area is 76.9 Å². The van der Waals surface area contributed by atoms with E-state index in [0.29, 0.717) is 6.04 Å². The Morgan fingerprint density at radius 2 is 2.08 bits per heavy atom. The van der Waals surface area contributed by atoms with Crippen LogP contribution in [0.1, 0.15) is 40.5 Å². The second-order valence-corrected chi connectivity index (χ2v) is 4.21. The zero-order valence-corrected chi connectivity index (χ0v) is 8.78. The van der Waals surface area contributed by atoms with Crippen molar-refractivity contribution in [2.45, 2.75) is 46.6 Å². The van der Waals surface area contributed by atoms with E-state index in [1.807, 2.05) is 0 Å². The van der Waals surface area contributed by atoms with Crippen molar-refractivity contribution in [2.75, 3.05) is 6.54 Å². The molecule has 0 amide bonds. The molecule has 0 saturated heterocycles. The summed E-state index contributed by atoms with van der Waals surface area (Å²) in [5.74, 6) is 2.73. The lowest BCUT2D eigenvalue weighted by atomic mass is 9.83. The minimum atomic E-state index is 0.274. The second-order valence-electron chi connectivity index (χ2n) is 4.21. The maximum absolute atomic E-state index is 5.29. The molecule has 70 valence electrons. The maximum Gasteiger partial charge on any atom is 0.0138 e. The van der Waals surface area contributed by atoms with Crippen molar-refractivity contribution in [3.05, 3.63) is 0 Å². The third-order valence-corrected chi connectivity index (χ3v) is 1.99. The Balaban J connectivity index is 3.80. The average Bonchev–Trinajstić information content (AvgIpc) is 1.85. The molecule has 1 heteroatoms. The van der Waals surface area contributed by atoms with Gasteiger partial charge in [0.25, 0.3) is 0 Å². The van der Waals surface area contributed by atoms with Gasteiger partial charge < -0.3 is 5.32 Å². The molecule has 1 N–H and O–H groups in total. The van der Waals surface area contributed by atoms with E-state index in [2.05, 4.69) is 38.9 Å². The van der Waals surface area contributed by atoms with Crippen LogP contribution in [0.15, 0.2) is 0 Å². The fourth-order valence-electron chi connectivity index (χ4n) is 1.60. The van der Waals surface area contributed by atoms with Gasteiger partial charge in [-0.1, -0.05) is 20.8 Å². The summed E-state index contributed by atoms with van der Waals surface area (Å²) in [5.41, 5.74) is 0.274. The van der Waals surface area contributed by atoms with Gasteiger partial charge in [0.15, 0.2) is 0 Å². The number of terminal acetylenes is 1. The van der Waals surface area contributed by atoms with E-state index in [1.165, 1.54) is 0 Å². The third kappa shape index (κ3) is 5.21. The monoisotopic (exact) mass is 167 g/mol. The highest BCUT2D eigenvalue weighted by Crippen LogP contribution is 2.25. The summed E-state index contributed by atoms with van der Waals surface area (Å²) < 4.78 is 0. The van der Waals surface area contributed by atoms with E-state index in [4.69, 9.17) is 6.42 Å². The Kier molecular flexibility index (Phi) is 5.01. The van der Waals surface area contributed by atoms with Crippen molar-refractivity contribution in [1.29, 1.82) is 0 Å². The molecule has 0 spiro atoms. The third-order valence-electron chi connectivity index (χ3n) is 1.99. The first-order valence-corrected chi connectivity index (χ1v) is 4.68. The second kappa shape index (κ2) is 5.22. The van der Waals surface area contributed by atoms with E-state index in [-0.39, 0.29) is 5.41 Å². The minimum absolute atomic E-state index is 0.274. The molecule has 0 aromatic carbocycles. The number of hydrogen-bond donors (Lipinski definition) is 1. The van der Waals surface area contributed by atoms with E-state index in [0.717, 1.165) is 19.4 Å². The lowest BCUT2D eigenvalue weighted by Gasteiger charge is -2.26. The summed E-state index contributed by atoms with van der Waals surface area (Å²) in [6.45, 7) is 9.82. The van der Waals surface area contributed by atoms with Crippen molar-refractivity contribution < 1.29 is 0 Å². The Bertz CT molecular complexity index is 153. The SMILES string of the molecule is C#CCC(C)(C)CC(C)NCC. The van der Waals surface area contributed by atoms with Crippen molar-refractivity contribution in [3.63, 3.8) is 0 Å². The summed E-state index contributed by atoms with van der Waals surface area (Å²) in [4.78, 5) is 0. The normalized spacial score (nSPS) is 13.9. The van der Waals surface area contributed by atoms with Crippen LogP contribution in [-0.2, 0) is 0 Å². The van der Waals surface area contributed by atoms with Crippen LogP contribution in [0.25, 0.3) is 0 Å². The number of rotatable bonds is 5. The molecule has 0 aromatic heterocycles. The molecule has 1 unspecified atom stereocenters. The number of hydrogen-bond acceptors (Lipinski definition) is 1. The molecule has 0 heterocycles. The maximum atomic E-state index is 5.29. The molecule has 0 radical (unpaired) electrons. The molecule has 1 nitrogen and oxygen atoms in total. The Hall–Kier alpha value is -0.480. The average molecular weight is 167 g/mol. The van der Waals surface area contributed by atoms with Crippen LogP contribution in [0.2, 0.25) is 0 Å². The van der Waals surface area contributed by atoms with E-state index < -0.39 is 0 Å². The Morgan fingerprint density at radius 3 is 2.50 bits per heavy atom. The molecular formula is C11H21N. The highest BCUT2D eigenvalue weighted by molar-refractivity contribution is 4.91. The summed E-state index contributed by atoms with van der Waals surface area (Å²) in [5, 5.41) is 3.39. The molecular weight excluding hydrogens is 146 g/mol. The highest BCUT2D eigenvalue weighted by Gasteiger charge is 2.19. The molecule has 0 aliphatic carbocycles. The highest BCUT2D eigenvalue weighted by atomic mass is 14.9. The molecule has 12 heavy (non-hydrogen) atoms. The van der Waals surface area contributed by atoms with Gasteiger partial charge in [0.2, 0.25) is 0 Å². The van der Waals surface area contributed by atoms with Crippen LogP contribution in [0, 0.1) is 17.8 Å². The van der Waals surface area contributed by atoms with Gasteiger partial charge in [-0.25, -0.2) is 0 Å². The lowest BCUT2D eigenvalue weighted by molar-refractivity contribution is 0.298. The van der Waals surface area contributed by atoms with E-state index in [9.17, 15) is 0 Å². The Morgan fingerprint density at radius 1 is 1.50 bits per heavy atom. The van der Waals surface area contributed by atoms with Crippen LogP contribution in [0.3, 0.4) is 0 Å². The van der Waals surface area contributed by atoms with Crippen molar-refractivity contribution >= 4 is 0 Å². The molecule has 1 atom stereocenters. The lowest BCUT2D eigenvalue weighted by Crippen LogP contribution is -2.30. The van der Waals surface area contributed by atoms with Gasteiger partial charge in [-0.15, -0.1) is 12.3 Å². The first kappa shape index (κ1) is 11.5. The van der Waals surface area contributed by atoms with Crippen LogP contribution in [-0.4, -0.2) is 12.6 Å². The van der Waals surface area contributed by atoms with Gasteiger partial charge >= 0.3 is 0 Å². The quantitative estimate of drug-likeness (QED) is 0.620. The van der Waals surface area contributed by atoms with Gasteiger partial charge in [0, 0.05) is 12.5 Å². The predicted molar refractivity (Wildman–Crippen MR) is 55.0 cm³/mol. The van der Waals surface area contributed by atoms with Crippen LogP contribution < -0.4 is 5.32 Å². The standard InChI is InChI=1S/C11H21N/c1-6-8-11(4,5)9-10(3)12-7-2/h1,10,12H,7-9H2,2-5H3. The molecule has 0 aromatic rings. The topological polar surface area (TPSA) is 12.0 Å². The van der Waals surface area contributed by atoms with Gasteiger partial charge in [0.1, 0.15) is 0 Å². The van der Waals surface area contributed by atoms with Crippen LogP contribution >= 0.6 is 0 Å². The van der Waals surface area contributed by atoms with Crippen molar-refractivity contribution in [2.24, 2.45) is 5.41 Å². The summed E-state index contributed by atoms with van der Waals surface area (Å²) in [6.07, 6.45) is 7.30. The first-order chi connectivity index (χ1) is 5.52. The summed E-state index contributed by atoms with van der Waals surface area (Å²) >= 11 is 0. The molecule has 0 rings (SSSR count). The fraction of sp³-hybridized carbons (Fsp3) is 0.818. The van der Waals surface area contributed by atoms with Crippen LogP contribution in [0.5, 0.6) is 0 Å². The van der Waals surface area contributed by atoms with E-state index >= 15 is 0 Å². The predicted octanol–water partition coefficient (Wildman–Crippen LogP) is 2.42. The molecule has 0 saturated carbocycles. The van der Waals surface area contributed by atoms with Gasteiger partial charge in [-0.3, -0.25) is 0 Å². The summed E-state index contributed by atoms with van der Waals surface area (Å²) in [6, 6.07) is 0.568. The minimum Gasteiger partial charge on any atom is -0.315 e. The number of nitrogens with one attached hydrogen (secondary N) is 1. The van der Waals surface area contributed by atoms with Gasteiger partial charge in [-0.2, -0.15) is 0 Å². The fourth-order valence-corrected chi connectivity index (χ4v) is 1.60.